The summed E-state index contributed by atoms with van der Waals surface area (Å²) >= 11 is 0. The van der Waals surface area contributed by atoms with E-state index in [0.29, 0.717) is 12.4 Å². The first-order valence-electron chi connectivity index (χ1n) is 4.02. The van der Waals surface area contributed by atoms with Crippen LogP contribution in [0.3, 0.4) is 0 Å². The maximum atomic E-state index is 11.4. The van der Waals surface area contributed by atoms with Crippen molar-refractivity contribution in [2.24, 2.45) is 0 Å². The highest BCUT2D eigenvalue weighted by Gasteiger charge is 2.18. The Morgan fingerprint density at radius 3 is 3.08 bits per heavy atom. The molecule has 2 rings (SSSR count). The van der Waals surface area contributed by atoms with Crippen molar-refractivity contribution in [3.63, 3.8) is 0 Å². The molecule has 1 aromatic heterocycles. The van der Waals surface area contributed by atoms with E-state index >= 15 is 0 Å². The topological polar surface area (TPSA) is 72.2 Å². The summed E-state index contributed by atoms with van der Waals surface area (Å²) in [6.45, 7) is 0.586. The molecule has 5 nitrogen and oxygen atoms in total. The molecular weight excluding hydrogens is 172 g/mol. The van der Waals surface area contributed by atoms with Crippen LogP contribution >= 0.6 is 0 Å². The summed E-state index contributed by atoms with van der Waals surface area (Å²) in [6, 6.07) is 0. The molecule has 0 aliphatic carbocycles. The van der Waals surface area contributed by atoms with Crippen LogP contribution in [0.25, 0.3) is 0 Å². The van der Waals surface area contributed by atoms with Gasteiger partial charge in [0.1, 0.15) is 11.4 Å². The lowest BCUT2D eigenvalue weighted by Gasteiger charge is -2.01. The highest BCUT2D eigenvalue weighted by Crippen LogP contribution is 2.08. The molecule has 1 aliphatic rings. The zero-order valence-electron chi connectivity index (χ0n) is 6.86. The average Bonchev–Trinajstić information content (AvgIpc) is 2.52. The molecule has 0 atom stereocenters. The maximum Gasteiger partial charge on any atom is 0.342 e. The zero-order valence-corrected chi connectivity index (χ0v) is 6.86. The Morgan fingerprint density at radius 1 is 1.62 bits per heavy atom. The predicted octanol–water partition coefficient (Wildman–Crippen LogP) is -0.112. The Balaban J connectivity index is 2.66. The van der Waals surface area contributed by atoms with Gasteiger partial charge in [0.25, 0.3) is 5.56 Å². The SMILES string of the molecule is O=C(O)c1cnc2n(c1=O)CCC2. The molecule has 0 bridgehead atoms. The summed E-state index contributed by atoms with van der Waals surface area (Å²) in [7, 11) is 0. The van der Waals surface area contributed by atoms with Gasteiger partial charge in [-0.1, -0.05) is 0 Å². The summed E-state index contributed by atoms with van der Waals surface area (Å²) in [5.74, 6) is -0.519. The van der Waals surface area contributed by atoms with E-state index in [9.17, 15) is 9.59 Å². The zero-order chi connectivity index (χ0) is 9.42. The van der Waals surface area contributed by atoms with Crippen molar-refractivity contribution < 1.29 is 9.90 Å². The smallest absolute Gasteiger partial charge is 0.342 e. The van der Waals surface area contributed by atoms with Crippen molar-refractivity contribution in [2.75, 3.05) is 0 Å². The molecule has 0 spiro atoms. The first-order chi connectivity index (χ1) is 6.20. The fourth-order valence-corrected chi connectivity index (χ4v) is 1.50. The summed E-state index contributed by atoms with van der Waals surface area (Å²) < 4.78 is 1.43. The van der Waals surface area contributed by atoms with Gasteiger partial charge in [0.15, 0.2) is 0 Å². The first kappa shape index (κ1) is 7.97. The molecule has 13 heavy (non-hydrogen) atoms. The summed E-state index contributed by atoms with van der Waals surface area (Å²) in [4.78, 5) is 25.9. The van der Waals surface area contributed by atoms with E-state index in [1.54, 1.807) is 0 Å². The largest absolute Gasteiger partial charge is 0.477 e. The number of hydrogen-bond acceptors (Lipinski definition) is 3. The molecule has 0 radical (unpaired) electrons. The van der Waals surface area contributed by atoms with Crippen LogP contribution in [0.2, 0.25) is 0 Å². The molecule has 2 heterocycles. The monoisotopic (exact) mass is 180 g/mol. The van der Waals surface area contributed by atoms with Crippen LogP contribution in [0.1, 0.15) is 22.6 Å². The standard InChI is InChI=1S/C8H8N2O3/c11-7-5(8(12)13)4-9-6-2-1-3-10(6)7/h4H,1-3H2,(H,12,13). The number of fused-ring (bicyclic) bond motifs is 1. The Bertz CT molecular complexity index is 422. The molecule has 0 amide bonds. The van der Waals surface area contributed by atoms with Gasteiger partial charge in [0.2, 0.25) is 0 Å². The van der Waals surface area contributed by atoms with Crippen molar-refractivity contribution in [2.45, 2.75) is 19.4 Å². The predicted molar refractivity (Wildman–Crippen MR) is 43.8 cm³/mol. The van der Waals surface area contributed by atoms with Crippen LogP contribution in [-0.4, -0.2) is 20.6 Å². The fraction of sp³-hybridized carbons (Fsp3) is 0.375. The maximum absolute atomic E-state index is 11.4. The molecule has 0 saturated carbocycles. The van der Waals surface area contributed by atoms with Crippen molar-refractivity contribution in [3.8, 4) is 0 Å². The molecule has 5 heteroatoms. The van der Waals surface area contributed by atoms with Crippen molar-refractivity contribution in [1.29, 1.82) is 0 Å². The van der Waals surface area contributed by atoms with E-state index in [2.05, 4.69) is 4.98 Å². The van der Waals surface area contributed by atoms with Gasteiger partial charge in [-0.2, -0.15) is 0 Å². The van der Waals surface area contributed by atoms with E-state index in [1.807, 2.05) is 0 Å². The van der Waals surface area contributed by atoms with E-state index < -0.39 is 11.5 Å². The molecule has 1 aliphatic heterocycles. The fourth-order valence-electron chi connectivity index (χ4n) is 1.50. The minimum absolute atomic E-state index is 0.245. The molecule has 0 saturated heterocycles. The number of carboxylic acids is 1. The van der Waals surface area contributed by atoms with E-state index in [1.165, 1.54) is 4.57 Å². The Morgan fingerprint density at radius 2 is 2.38 bits per heavy atom. The number of aryl methyl sites for hydroxylation is 1. The quantitative estimate of drug-likeness (QED) is 0.654. The number of nitrogens with zero attached hydrogens (tertiary/aromatic N) is 2. The van der Waals surface area contributed by atoms with Crippen LogP contribution in [0.15, 0.2) is 11.0 Å². The summed E-state index contributed by atoms with van der Waals surface area (Å²) in [5, 5.41) is 8.64. The van der Waals surface area contributed by atoms with Gasteiger partial charge in [-0.25, -0.2) is 9.78 Å². The Kier molecular flexibility index (Phi) is 1.65. The van der Waals surface area contributed by atoms with Crippen molar-refractivity contribution >= 4 is 5.97 Å². The molecule has 1 aromatic rings. The van der Waals surface area contributed by atoms with Crippen LogP contribution < -0.4 is 5.56 Å². The van der Waals surface area contributed by atoms with E-state index in [4.69, 9.17) is 5.11 Å². The Labute approximate surface area is 73.7 Å². The van der Waals surface area contributed by atoms with Gasteiger partial charge >= 0.3 is 5.97 Å². The van der Waals surface area contributed by atoms with Gasteiger partial charge in [0.05, 0.1) is 0 Å². The second-order valence-electron chi connectivity index (χ2n) is 2.95. The van der Waals surface area contributed by atoms with Gasteiger partial charge in [0, 0.05) is 19.2 Å². The molecule has 0 aromatic carbocycles. The second-order valence-corrected chi connectivity index (χ2v) is 2.95. The van der Waals surface area contributed by atoms with Crippen LogP contribution in [0, 0.1) is 0 Å². The number of aromatic nitrogens is 2. The number of aromatic carboxylic acids is 1. The van der Waals surface area contributed by atoms with Gasteiger partial charge in [-0.05, 0) is 6.42 Å². The highest BCUT2D eigenvalue weighted by atomic mass is 16.4. The normalized spacial score (nSPS) is 14.2. The van der Waals surface area contributed by atoms with Crippen LogP contribution in [0.4, 0.5) is 0 Å². The lowest BCUT2D eigenvalue weighted by molar-refractivity contribution is 0.0693. The van der Waals surface area contributed by atoms with Gasteiger partial charge in [-0.15, -0.1) is 0 Å². The molecule has 0 unspecified atom stereocenters. The number of rotatable bonds is 1. The van der Waals surface area contributed by atoms with E-state index in [-0.39, 0.29) is 5.56 Å². The molecule has 68 valence electrons. The van der Waals surface area contributed by atoms with Crippen molar-refractivity contribution in [1.82, 2.24) is 9.55 Å². The second kappa shape index (κ2) is 2.69. The lowest BCUT2D eigenvalue weighted by atomic mass is 10.3. The van der Waals surface area contributed by atoms with Crippen LogP contribution in [0.5, 0.6) is 0 Å². The third-order valence-corrected chi connectivity index (χ3v) is 2.14. The number of carbonyl (C=O) groups is 1. The molecule has 1 N–H and O–H groups in total. The number of carboxylic acid groups (broad SMARTS) is 1. The van der Waals surface area contributed by atoms with Crippen molar-refractivity contribution in [3.05, 3.63) is 27.9 Å². The van der Waals surface area contributed by atoms with Gasteiger partial charge < -0.3 is 5.11 Å². The highest BCUT2D eigenvalue weighted by molar-refractivity contribution is 5.86. The van der Waals surface area contributed by atoms with E-state index in [0.717, 1.165) is 19.0 Å². The summed E-state index contributed by atoms with van der Waals surface area (Å²) in [5.41, 5.74) is -0.680. The molecular formula is C8H8N2O3. The third kappa shape index (κ3) is 1.12. The molecule has 0 fully saturated rings. The summed E-state index contributed by atoms with van der Waals surface area (Å²) in [6.07, 6.45) is 2.77. The van der Waals surface area contributed by atoms with Crippen LogP contribution in [-0.2, 0) is 13.0 Å². The lowest BCUT2D eigenvalue weighted by Crippen LogP contribution is -2.26. The first-order valence-corrected chi connectivity index (χ1v) is 4.02. The van der Waals surface area contributed by atoms with Gasteiger partial charge in [-0.3, -0.25) is 9.36 Å². The Hall–Kier alpha value is -1.65. The minimum atomic E-state index is -1.21. The number of hydrogen-bond donors (Lipinski definition) is 1. The minimum Gasteiger partial charge on any atom is -0.477 e. The third-order valence-electron chi connectivity index (χ3n) is 2.14. The average molecular weight is 180 g/mol.